The summed E-state index contributed by atoms with van der Waals surface area (Å²) in [5.74, 6) is 0.781. The van der Waals surface area contributed by atoms with E-state index >= 15 is 0 Å². The Balaban J connectivity index is 3.22. The molecule has 12 heavy (non-hydrogen) atoms. The maximum Gasteiger partial charge on any atom is 0.136 e. The lowest BCUT2D eigenvalue weighted by molar-refractivity contribution is 0.410. The SMILES string of the molecule is COc1cc(C)nc(CN)c1Br. The molecular weight excluding hydrogens is 220 g/mol. The molecule has 1 aromatic heterocycles. The first kappa shape index (κ1) is 9.48. The number of aromatic nitrogens is 1. The van der Waals surface area contributed by atoms with Crippen LogP contribution in [-0.2, 0) is 6.54 Å². The van der Waals surface area contributed by atoms with Crippen LogP contribution in [0.25, 0.3) is 0 Å². The quantitative estimate of drug-likeness (QED) is 0.841. The monoisotopic (exact) mass is 230 g/mol. The number of hydrogen-bond donors (Lipinski definition) is 1. The molecule has 1 heterocycles. The van der Waals surface area contributed by atoms with Crippen LogP contribution in [0.2, 0.25) is 0 Å². The lowest BCUT2D eigenvalue weighted by atomic mass is 10.3. The molecule has 0 saturated carbocycles. The minimum Gasteiger partial charge on any atom is -0.495 e. The van der Waals surface area contributed by atoms with Crippen LogP contribution in [-0.4, -0.2) is 12.1 Å². The summed E-state index contributed by atoms with van der Waals surface area (Å²) in [5.41, 5.74) is 7.23. The molecule has 0 atom stereocenters. The number of aryl methyl sites for hydroxylation is 1. The van der Waals surface area contributed by atoms with Crippen molar-refractivity contribution in [2.24, 2.45) is 5.73 Å². The van der Waals surface area contributed by atoms with Crippen LogP contribution in [0.15, 0.2) is 10.5 Å². The maximum absolute atomic E-state index is 5.50. The Labute approximate surface area is 80.1 Å². The van der Waals surface area contributed by atoms with Gasteiger partial charge in [0.2, 0.25) is 0 Å². The lowest BCUT2D eigenvalue weighted by Gasteiger charge is -2.07. The van der Waals surface area contributed by atoms with Crippen LogP contribution >= 0.6 is 15.9 Å². The van der Waals surface area contributed by atoms with Crippen LogP contribution in [0.3, 0.4) is 0 Å². The van der Waals surface area contributed by atoms with Gasteiger partial charge in [0.15, 0.2) is 0 Å². The number of nitrogens with two attached hydrogens (primary N) is 1. The fourth-order valence-electron chi connectivity index (χ4n) is 0.973. The van der Waals surface area contributed by atoms with E-state index in [0.717, 1.165) is 21.6 Å². The zero-order valence-electron chi connectivity index (χ0n) is 7.10. The molecule has 2 N–H and O–H groups in total. The molecule has 4 heteroatoms. The topological polar surface area (TPSA) is 48.1 Å². The molecule has 0 saturated heterocycles. The van der Waals surface area contributed by atoms with Gasteiger partial charge in [-0.3, -0.25) is 4.98 Å². The van der Waals surface area contributed by atoms with E-state index in [4.69, 9.17) is 10.5 Å². The van der Waals surface area contributed by atoms with E-state index in [9.17, 15) is 0 Å². The van der Waals surface area contributed by atoms with E-state index in [1.807, 2.05) is 13.0 Å². The number of pyridine rings is 1. The summed E-state index contributed by atoms with van der Waals surface area (Å²) in [4.78, 5) is 4.25. The highest BCUT2D eigenvalue weighted by Crippen LogP contribution is 2.27. The molecule has 0 aliphatic rings. The Hall–Kier alpha value is -0.610. The molecule has 3 nitrogen and oxygen atoms in total. The molecule has 66 valence electrons. The van der Waals surface area contributed by atoms with E-state index in [1.54, 1.807) is 7.11 Å². The van der Waals surface area contributed by atoms with Crippen molar-refractivity contribution in [2.75, 3.05) is 7.11 Å². The van der Waals surface area contributed by atoms with Gasteiger partial charge in [0.25, 0.3) is 0 Å². The third-order valence-electron chi connectivity index (χ3n) is 1.53. The summed E-state index contributed by atoms with van der Waals surface area (Å²) in [6.07, 6.45) is 0. The summed E-state index contributed by atoms with van der Waals surface area (Å²) < 4.78 is 5.97. The molecule has 0 spiro atoms. The van der Waals surface area contributed by atoms with Crippen molar-refractivity contribution >= 4 is 15.9 Å². The average molecular weight is 231 g/mol. The van der Waals surface area contributed by atoms with Gasteiger partial charge < -0.3 is 10.5 Å². The molecule has 1 aromatic rings. The fourth-order valence-corrected chi connectivity index (χ4v) is 1.50. The Morgan fingerprint density at radius 2 is 2.33 bits per heavy atom. The maximum atomic E-state index is 5.50. The number of nitrogens with zero attached hydrogens (tertiary/aromatic N) is 1. The van der Waals surface area contributed by atoms with Crippen LogP contribution in [0, 0.1) is 6.92 Å². The predicted molar refractivity (Wildman–Crippen MR) is 51.1 cm³/mol. The van der Waals surface area contributed by atoms with Gasteiger partial charge in [-0.1, -0.05) is 0 Å². The van der Waals surface area contributed by atoms with Crippen LogP contribution in [0.4, 0.5) is 0 Å². The highest BCUT2D eigenvalue weighted by Gasteiger charge is 2.07. The number of methoxy groups -OCH3 is 1. The van der Waals surface area contributed by atoms with Crippen LogP contribution in [0.1, 0.15) is 11.4 Å². The normalized spacial score (nSPS) is 10.0. The largest absolute Gasteiger partial charge is 0.495 e. The van der Waals surface area contributed by atoms with E-state index in [2.05, 4.69) is 20.9 Å². The average Bonchev–Trinajstić information content (AvgIpc) is 2.08. The van der Waals surface area contributed by atoms with Gasteiger partial charge in [0.1, 0.15) is 5.75 Å². The zero-order chi connectivity index (χ0) is 9.14. The molecule has 0 amide bonds. The molecule has 0 aromatic carbocycles. The molecule has 0 radical (unpaired) electrons. The number of halogens is 1. The summed E-state index contributed by atoms with van der Waals surface area (Å²) in [6.45, 7) is 2.33. The van der Waals surface area contributed by atoms with Crippen molar-refractivity contribution < 1.29 is 4.74 Å². The Morgan fingerprint density at radius 1 is 1.67 bits per heavy atom. The third kappa shape index (κ3) is 1.76. The van der Waals surface area contributed by atoms with E-state index in [0.29, 0.717) is 6.54 Å². The Kier molecular flexibility index (Phi) is 3.05. The zero-order valence-corrected chi connectivity index (χ0v) is 8.68. The molecule has 0 aliphatic carbocycles. The third-order valence-corrected chi connectivity index (χ3v) is 2.38. The van der Waals surface area contributed by atoms with Crippen molar-refractivity contribution in [1.29, 1.82) is 0 Å². The van der Waals surface area contributed by atoms with E-state index < -0.39 is 0 Å². The van der Waals surface area contributed by atoms with Crippen LogP contribution in [0.5, 0.6) is 5.75 Å². The second-order valence-electron chi connectivity index (χ2n) is 2.43. The van der Waals surface area contributed by atoms with Crippen molar-refractivity contribution in [1.82, 2.24) is 4.98 Å². The molecular formula is C8H11BrN2O. The van der Waals surface area contributed by atoms with E-state index in [-0.39, 0.29) is 0 Å². The Morgan fingerprint density at radius 3 is 2.83 bits per heavy atom. The van der Waals surface area contributed by atoms with Crippen molar-refractivity contribution in [3.05, 3.63) is 21.9 Å². The molecule has 0 unspecified atom stereocenters. The van der Waals surface area contributed by atoms with Gasteiger partial charge in [-0.2, -0.15) is 0 Å². The summed E-state index contributed by atoms with van der Waals surface area (Å²) in [7, 11) is 1.62. The lowest BCUT2D eigenvalue weighted by Crippen LogP contribution is -2.03. The second kappa shape index (κ2) is 3.87. The van der Waals surface area contributed by atoms with Gasteiger partial charge >= 0.3 is 0 Å². The predicted octanol–water partition coefficient (Wildman–Crippen LogP) is 1.62. The number of hydrogen-bond acceptors (Lipinski definition) is 3. The fraction of sp³-hybridized carbons (Fsp3) is 0.375. The standard InChI is InChI=1S/C8H11BrN2O/c1-5-3-7(12-2)8(9)6(4-10)11-5/h3H,4,10H2,1-2H3. The summed E-state index contributed by atoms with van der Waals surface area (Å²) in [5, 5.41) is 0. The summed E-state index contributed by atoms with van der Waals surface area (Å²) in [6, 6.07) is 1.86. The van der Waals surface area contributed by atoms with E-state index in [1.165, 1.54) is 0 Å². The number of ether oxygens (including phenoxy) is 1. The summed E-state index contributed by atoms with van der Waals surface area (Å²) >= 11 is 3.37. The minimum absolute atomic E-state index is 0.415. The molecule has 0 aliphatic heterocycles. The first-order valence-electron chi connectivity index (χ1n) is 3.59. The molecule has 1 rings (SSSR count). The Bertz CT molecular complexity index is 263. The van der Waals surface area contributed by atoms with Crippen molar-refractivity contribution in [2.45, 2.75) is 13.5 Å². The van der Waals surface area contributed by atoms with Gasteiger partial charge in [0, 0.05) is 18.3 Å². The van der Waals surface area contributed by atoms with Gasteiger partial charge in [-0.05, 0) is 22.9 Å². The second-order valence-corrected chi connectivity index (χ2v) is 3.22. The van der Waals surface area contributed by atoms with Gasteiger partial charge in [-0.15, -0.1) is 0 Å². The van der Waals surface area contributed by atoms with Gasteiger partial charge in [0.05, 0.1) is 17.3 Å². The van der Waals surface area contributed by atoms with Gasteiger partial charge in [-0.25, -0.2) is 0 Å². The molecule has 0 bridgehead atoms. The van der Waals surface area contributed by atoms with Crippen molar-refractivity contribution in [3.63, 3.8) is 0 Å². The smallest absolute Gasteiger partial charge is 0.136 e. The minimum atomic E-state index is 0.415. The highest BCUT2D eigenvalue weighted by molar-refractivity contribution is 9.10. The molecule has 0 fully saturated rings. The van der Waals surface area contributed by atoms with Crippen molar-refractivity contribution in [3.8, 4) is 5.75 Å². The number of rotatable bonds is 2. The highest BCUT2D eigenvalue weighted by atomic mass is 79.9. The first-order chi connectivity index (χ1) is 5.69. The first-order valence-corrected chi connectivity index (χ1v) is 4.38. The van der Waals surface area contributed by atoms with Crippen LogP contribution < -0.4 is 10.5 Å².